The molecule has 0 aliphatic carbocycles. The van der Waals surface area contributed by atoms with Crippen LogP contribution < -0.4 is 5.73 Å². The van der Waals surface area contributed by atoms with Gasteiger partial charge in [0.2, 0.25) is 15.9 Å². The fourth-order valence-corrected chi connectivity index (χ4v) is 4.42. The number of hydrogen-bond donors (Lipinski definition) is 1. The van der Waals surface area contributed by atoms with Gasteiger partial charge >= 0.3 is 0 Å². The Bertz CT molecular complexity index is 681. The van der Waals surface area contributed by atoms with E-state index in [0.29, 0.717) is 24.5 Å². The summed E-state index contributed by atoms with van der Waals surface area (Å²) in [6, 6.07) is 6.10. The first kappa shape index (κ1) is 19.2. The van der Waals surface area contributed by atoms with Crippen LogP contribution in [0.1, 0.15) is 26.7 Å². The first-order valence-electron chi connectivity index (χ1n) is 8.02. The molecule has 0 saturated carbocycles. The molecular formula is C16H24ClN3O3S. The Labute approximate surface area is 148 Å². The number of carbonyl (C=O) groups is 1. The molecule has 134 valence electrons. The molecule has 8 heteroatoms. The first-order chi connectivity index (χ1) is 11.2. The van der Waals surface area contributed by atoms with Crippen LogP contribution in [0.15, 0.2) is 29.2 Å². The molecule has 1 aromatic rings. The number of nitrogens with zero attached hydrogens (tertiary/aromatic N) is 2. The van der Waals surface area contributed by atoms with Gasteiger partial charge in [0.1, 0.15) is 0 Å². The van der Waals surface area contributed by atoms with Crippen molar-refractivity contribution in [2.45, 2.75) is 37.1 Å². The summed E-state index contributed by atoms with van der Waals surface area (Å²) in [7, 11) is -3.57. The maximum Gasteiger partial charge on any atom is 0.243 e. The van der Waals surface area contributed by atoms with E-state index >= 15 is 0 Å². The Kier molecular flexibility index (Phi) is 5.91. The highest BCUT2D eigenvalue weighted by Gasteiger charge is 2.36. The van der Waals surface area contributed by atoms with Crippen molar-refractivity contribution in [1.82, 2.24) is 9.21 Å². The second-order valence-electron chi connectivity index (χ2n) is 6.32. The van der Waals surface area contributed by atoms with E-state index in [9.17, 15) is 13.2 Å². The number of halogens is 1. The van der Waals surface area contributed by atoms with Gasteiger partial charge in [-0.05, 0) is 37.6 Å². The van der Waals surface area contributed by atoms with Crippen LogP contribution in [0.25, 0.3) is 0 Å². The third-order valence-electron chi connectivity index (χ3n) is 4.24. The van der Waals surface area contributed by atoms with Crippen molar-refractivity contribution in [2.24, 2.45) is 5.73 Å². The first-order valence-corrected chi connectivity index (χ1v) is 9.84. The average molecular weight is 374 g/mol. The molecule has 1 aliphatic heterocycles. The predicted molar refractivity (Wildman–Crippen MR) is 94.3 cm³/mol. The molecule has 2 rings (SSSR count). The van der Waals surface area contributed by atoms with Gasteiger partial charge < -0.3 is 10.6 Å². The predicted octanol–water partition coefficient (Wildman–Crippen LogP) is 1.69. The van der Waals surface area contributed by atoms with Gasteiger partial charge in [-0.15, -0.1) is 0 Å². The maximum atomic E-state index is 12.6. The molecule has 1 fully saturated rings. The summed E-state index contributed by atoms with van der Waals surface area (Å²) in [5, 5.41) is 0.488. The van der Waals surface area contributed by atoms with Crippen molar-refractivity contribution in [3.63, 3.8) is 0 Å². The molecule has 0 spiro atoms. The van der Waals surface area contributed by atoms with Gasteiger partial charge in [0.25, 0.3) is 0 Å². The monoisotopic (exact) mass is 373 g/mol. The van der Waals surface area contributed by atoms with Crippen molar-refractivity contribution in [1.29, 1.82) is 0 Å². The summed E-state index contributed by atoms with van der Waals surface area (Å²) in [6.07, 6.45) is 1.43. The Hall–Kier alpha value is -1.15. The lowest BCUT2D eigenvalue weighted by atomic mass is 9.95. The second kappa shape index (κ2) is 7.39. The van der Waals surface area contributed by atoms with Gasteiger partial charge in [0.15, 0.2) is 0 Å². The van der Waals surface area contributed by atoms with Gasteiger partial charge in [-0.3, -0.25) is 4.79 Å². The molecule has 6 nitrogen and oxygen atoms in total. The third-order valence-corrected chi connectivity index (χ3v) is 6.40. The average Bonchev–Trinajstić information content (AvgIpc) is 2.54. The molecule has 2 N–H and O–H groups in total. The number of nitrogens with two attached hydrogens (primary N) is 1. The summed E-state index contributed by atoms with van der Waals surface area (Å²) < 4.78 is 26.7. The van der Waals surface area contributed by atoms with E-state index in [1.165, 1.54) is 16.4 Å². The number of benzene rings is 1. The summed E-state index contributed by atoms with van der Waals surface area (Å²) in [6.45, 7) is 4.94. The maximum absolute atomic E-state index is 12.6. The second-order valence-corrected chi connectivity index (χ2v) is 8.69. The van der Waals surface area contributed by atoms with Gasteiger partial charge in [-0.2, -0.15) is 4.31 Å². The topological polar surface area (TPSA) is 83.7 Å². The van der Waals surface area contributed by atoms with Crippen molar-refractivity contribution in [3.05, 3.63) is 29.3 Å². The minimum Gasteiger partial charge on any atom is -0.338 e. The summed E-state index contributed by atoms with van der Waals surface area (Å²) >= 11 is 5.81. The quantitative estimate of drug-likeness (QED) is 0.851. The van der Waals surface area contributed by atoms with Crippen LogP contribution in [0, 0.1) is 0 Å². The van der Waals surface area contributed by atoms with Gasteiger partial charge in [0, 0.05) is 31.2 Å². The van der Waals surface area contributed by atoms with E-state index in [2.05, 4.69) is 0 Å². The number of rotatable bonds is 5. The zero-order valence-electron chi connectivity index (χ0n) is 14.0. The van der Waals surface area contributed by atoms with Crippen LogP contribution in [0.3, 0.4) is 0 Å². The molecule has 0 bridgehead atoms. The summed E-state index contributed by atoms with van der Waals surface area (Å²) in [4.78, 5) is 14.4. The highest BCUT2D eigenvalue weighted by molar-refractivity contribution is 7.89. The molecule has 0 aromatic heterocycles. The third kappa shape index (κ3) is 4.08. The van der Waals surface area contributed by atoms with E-state index in [4.69, 9.17) is 17.3 Å². The number of hydrogen-bond acceptors (Lipinski definition) is 4. The molecule has 1 heterocycles. The van der Waals surface area contributed by atoms with Crippen LogP contribution in [-0.4, -0.2) is 55.2 Å². The van der Waals surface area contributed by atoms with Crippen molar-refractivity contribution in [2.75, 3.05) is 26.2 Å². The van der Waals surface area contributed by atoms with Gasteiger partial charge in [0.05, 0.1) is 10.4 Å². The SMILES string of the molecule is CCCC(C)(N)C(=O)N1CCN(S(=O)(=O)c2ccc(Cl)cc2)CC1. The summed E-state index contributed by atoms with van der Waals surface area (Å²) in [5.74, 6) is -0.118. The van der Waals surface area contributed by atoms with Crippen LogP contribution in [0.2, 0.25) is 5.02 Å². The highest BCUT2D eigenvalue weighted by atomic mass is 35.5. The highest BCUT2D eigenvalue weighted by Crippen LogP contribution is 2.21. The van der Waals surface area contributed by atoms with E-state index in [1.54, 1.807) is 24.0 Å². The zero-order valence-corrected chi connectivity index (χ0v) is 15.6. The standard InChI is InChI=1S/C16H24ClN3O3S/c1-3-8-16(2,18)15(21)19-9-11-20(12-10-19)24(22,23)14-6-4-13(17)5-7-14/h4-7H,3,8-12,18H2,1-2H3. The largest absolute Gasteiger partial charge is 0.338 e. The van der Waals surface area contributed by atoms with Crippen molar-refractivity contribution in [3.8, 4) is 0 Å². The Morgan fingerprint density at radius 2 is 1.75 bits per heavy atom. The number of sulfonamides is 1. The van der Waals surface area contributed by atoms with Crippen LogP contribution in [0.5, 0.6) is 0 Å². The van der Waals surface area contributed by atoms with E-state index in [0.717, 1.165) is 6.42 Å². The summed E-state index contributed by atoms with van der Waals surface area (Å²) in [5.41, 5.74) is 5.19. The van der Waals surface area contributed by atoms with Crippen LogP contribution in [0.4, 0.5) is 0 Å². The molecule has 0 radical (unpaired) electrons. The van der Waals surface area contributed by atoms with E-state index in [1.807, 2.05) is 6.92 Å². The number of amides is 1. The van der Waals surface area contributed by atoms with Gasteiger partial charge in [-0.1, -0.05) is 24.9 Å². The molecule has 1 saturated heterocycles. The lowest BCUT2D eigenvalue weighted by Gasteiger charge is -2.37. The minimum absolute atomic E-state index is 0.118. The molecule has 1 aromatic carbocycles. The lowest BCUT2D eigenvalue weighted by molar-refractivity contribution is -0.137. The Balaban J connectivity index is 2.04. The molecule has 1 atom stereocenters. The number of piperazine rings is 1. The van der Waals surface area contributed by atoms with E-state index in [-0.39, 0.29) is 23.9 Å². The fourth-order valence-electron chi connectivity index (χ4n) is 2.87. The van der Waals surface area contributed by atoms with Crippen molar-refractivity contribution < 1.29 is 13.2 Å². The molecule has 1 unspecified atom stereocenters. The van der Waals surface area contributed by atoms with Crippen LogP contribution >= 0.6 is 11.6 Å². The Morgan fingerprint density at radius 3 is 2.25 bits per heavy atom. The zero-order chi connectivity index (χ0) is 18.0. The minimum atomic E-state index is -3.57. The number of carbonyl (C=O) groups excluding carboxylic acids is 1. The smallest absolute Gasteiger partial charge is 0.243 e. The molecule has 24 heavy (non-hydrogen) atoms. The molecule has 1 amide bonds. The van der Waals surface area contributed by atoms with Crippen LogP contribution in [-0.2, 0) is 14.8 Å². The van der Waals surface area contributed by atoms with E-state index < -0.39 is 15.6 Å². The normalized spacial score (nSPS) is 19.1. The lowest BCUT2D eigenvalue weighted by Crippen LogP contribution is -2.58. The van der Waals surface area contributed by atoms with Gasteiger partial charge in [-0.25, -0.2) is 8.42 Å². The Morgan fingerprint density at radius 1 is 1.21 bits per heavy atom. The fraction of sp³-hybridized carbons (Fsp3) is 0.562. The van der Waals surface area contributed by atoms with Crippen molar-refractivity contribution >= 4 is 27.5 Å². The molecular weight excluding hydrogens is 350 g/mol. The molecule has 1 aliphatic rings.